The number of piperazine rings is 1. The highest BCUT2D eigenvalue weighted by atomic mass is 31.0. The number of hydrogen-bond donors (Lipinski definition) is 0. The number of nitrogens with zero attached hydrogens (tertiary/aromatic N) is 3. The second-order valence-electron chi connectivity index (χ2n) is 3.08. The standard InChI is InChI=1S/C7H14N3O2P/c1-7(6-10(11)12)8-2-4-9(13)5-3-8/h6H,2-5,13H2,1H3/b7-6-. The molecule has 0 spiro atoms. The van der Waals surface area contributed by atoms with Crippen LogP contribution in [0.25, 0.3) is 0 Å². The Morgan fingerprint density at radius 2 is 2.00 bits per heavy atom. The van der Waals surface area contributed by atoms with Gasteiger partial charge in [0.1, 0.15) is 0 Å². The van der Waals surface area contributed by atoms with Crippen LogP contribution in [-0.4, -0.2) is 40.7 Å². The van der Waals surface area contributed by atoms with Gasteiger partial charge in [0.2, 0.25) is 0 Å². The average molecular weight is 203 g/mol. The van der Waals surface area contributed by atoms with Gasteiger partial charge in [-0.15, -0.1) is 0 Å². The molecule has 1 unspecified atom stereocenters. The van der Waals surface area contributed by atoms with Crippen LogP contribution in [0.5, 0.6) is 0 Å². The van der Waals surface area contributed by atoms with Crippen molar-refractivity contribution in [3.8, 4) is 0 Å². The summed E-state index contributed by atoms with van der Waals surface area (Å²) in [5.41, 5.74) is 0.739. The number of rotatable bonds is 2. The third-order valence-electron chi connectivity index (χ3n) is 2.11. The van der Waals surface area contributed by atoms with Gasteiger partial charge in [-0.2, -0.15) is 0 Å². The minimum atomic E-state index is -0.400. The van der Waals surface area contributed by atoms with Gasteiger partial charge in [0.05, 0.1) is 10.6 Å². The van der Waals surface area contributed by atoms with E-state index in [1.54, 1.807) is 6.92 Å². The van der Waals surface area contributed by atoms with Gasteiger partial charge >= 0.3 is 0 Å². The molecule has 0 aromatic carbocycles. The molecule has 0 N–H and O–H groups in total. The zero-order chi connectivity index (χ0) is 9.84. The molecule has 1 atom stereocenters. The Morgan fingerprint density at radius 1 is 1.46 bits per heavy atom. The molecule has 0 radical (unpaired) electrons. The van der Waals surface area contributed by atoms with Crippen LogP contribution in [0, 0.1) is 10.1 Å². The summed E-state index contributed by atoms with van der Waals surface area (Å²) < 4.78 is 2.13. The Balaban J connectivity index is 2.49. The molecule has 6 heteroatoms. The summed E-state index contributed by atoms with van der Waals surface area (Å²) in [5.74, 6) is 0. The van der Waals surface area contributed by atoms with Crippen LogP contribution >= 0.6 is 9.39 Å². The van der Waals surface area contributed by atoms with Crippen molar-refractivity contribution in [2.45, 2.75) is 6.92 Å². The fraction of sp³-hybridized carbons (Fsp3) is 0.714. The first-order valence-corrected chi connectivity index (χ1v) is 4.68. The summed E-state index contributed by atoms with van der Waals surface area (Å²) in [6.07, 6.45) is 1.07. The molecule has 13 heavy (non-hydrogen) atoms. The molecular weight excluding hydrogens is 189 g/mol. The molecular formula is C7H14N3O2P. The van der Waals surface area contributed by atoms with Crippen molar-refractivity contribution < 1.29 is 4.92 Å². The lowest BCUT2D eigenvalue weighted by Gasteiger charge is -2.33. The van der Waals surface area contributed by atoms with Crippen LogP contribution in [0.1, 0.15) is 6.92 Å². The van der Waals surface area contributed by atoms with Gasteiger partial charge in [0, 0.05) is 26.2 Å². The van der Waals surface area contributed by atoms with Crippen molar-refractivity contribution in [1.29, 1.82) is 0 Å². The molecule has 0 aromatic rings. The van der Waals surface area contributed by atoms with Gasteiger partial charge in [0.15, 0.2) is 0 Å². The lowest BCUT2D eigenvalue weighted by Crippen LogP contribution is -2.41. The van der Waals surface area contributed by atoms with E-state index in [4.69, 9.17) is 0 Å². The van der Waals surface area contributed by atoms with E-state index in [0.29, 0.717) is 0 Å². The van der Waals surface area contributed by atoms with Crippen LogP contribution in [-0.2, 0) is 0 Å². The van der Waals surface area contributed by atoms with E-state index in [-0.39, 0.29) is 0 Å². The van der Waals surface area contributed by atoms with E-state index in [1.165, 1.54) is 0 Å². The molecule has 5 nitrogen and oxygen atoms in total. The summed E-state index contributed by atoms with van der Waals surface area (Å²) in [5, 5.41) is 10.2. The van der Waals surface area contributed by atoms with Gasteiger partial charge in [-0.1, -0.05) is 9.39 Å². The zero-order valence-corrected chi connectivity index (χ0v) is 8.80. The summed E-state index contributed by atoms with van der Waals surface area (Å²) in [6, 6.07) is 0. The highest BCUT2D eigenvalue weighted by molar-refractivity contribution is 7.13. The Kier molecular flexibility index (Phi) is 3.63. The number of allylic oxidation sites excluding steroid dienone is 1. The Morgan fingerprint density at radius 3 is 2.46 bits per heavy atom. The Hall–Kier alpha value is -0.670. The lowest BCUT2D eigenvalue weighted by molar-refractivity contribution is -0.404. The zero-order valence-electron chi connectivity index (χ0n) is 7.64. The van der Waals surface area contributed by atoms with Crippen molar-refractivity contribution in [3.05, 3.63) is 22.0 Å². The molecule has 1 fully saturated rings. The molecule has 74 valence electrons. The summed E-state index contributed by atoms with van der Waals surface area (Å²) in [6.45, 7) is 5.38. The molecule has 0 amide bonds. The topological polar surface area (TPSA) is 49.6 Å². The highest BCUT2D eigenvalue weighted by Gasteiger charge is 2.15. The first-order valence-electron chi connectivity index (χ1n) is 4.16. The summed E-state index contributed by atoms with van der Waals surface area (Å²) in [7, 11) is 2.64. The van der Waals surface area contributed by atoms with Crippen molar-refractivity contribution in [3.63, 3.8) is 0 Å². The molecule has 1 heterocycles. The van der Waals surface area contributed by atoms with E-state index in [2.05, 4.69) is 14.1 Å². The van der Waals surface area contributed by atoms with Crippen LogP contribution in [0.4, 0.5) is 0 Å². The minimum absolute atomic E-state index is 0.400. The monoisotopic (exact) mass is 203 g/mol. The first-order chi connectivity index (χ1) is 6.09. The average Bonchev–Trinajstić information content (AvgIpc) is 2.04. The van der Waals surface area contributed by atoms with Gasteiger partial charge < -0.3 is 4.90 Å². The molecule has 1 rings (SSSR count). The van der Waals surface area contributed by atoms with E-state index in [0.717, 1.165) is 38.1 Å². The molecule has 0 saturated carbocycles. The van der Waals surface area contributed by atoms with Crippen LogP contribution < -0.4 is 0 Å². The third-order valence-corrected chi connectivity index (χ3v) is 2.62. The maximum absolute atomic E-state index is 10.2. The van der Waals surface area contributed by atoms with Crippen LogP contribution in [0.3, 0.4) is 0 Å². The third kappa shape index (κ3) is 3.28. The van der Waals surface area contributed by atoms with Crippen molar-refractivity contribution in [1.82, 2.24) is 9.57 Å². The lowest BCUT2D eigenvalue weighted by atomic mass is 10.3. The van der Waals surface area contributed by atoms with Crippen molar-refractivity contribution >= 4 is 9.39 Å². The molecule has 0 aliphatic carbocycles. The van der Waals surface area contributed by atoms with Gasteiger partial charge in [-0.25, -0.2) is 0 Å². The molecule has 1 saturated heterocycles. The molecule has 0 aromatic heterocycles. The van der Waals surface area contributed by atoms with Crippen LogP contribution in [0.15, 0.2) is 11.9 Å². The maximum atomic E-state index is 10.2. The fourth-order valence-corrected chi connectivity index (χ4v) is 1.54. The van der Waals surface area contributed by atoms with Crippen LogP contribution in [0.2, 0.25) is 0 Å². The molecule has 1 aliphatic rings. The number of hydrogen-bond acceptors (Lipinski definition) is 4. The summed E-state index contributed by atoms with van der Waals surface area (Å²) in [4.78, 5) is 11.8. The van der Waals surface area contributed by atoms with Crippen molar-refractivity contribution in [2.75, 3.05) is 26.2 Å². The van der Waals surface area contributed by atoms with E-state index in [1.807, 2.05) is 4.90 Å². The predicted molar refractivity (Wildman–Crippen MR) is 53.6 cm³/mol. The first kappa shape index (κ1) is 10.4. The molecule has 1 aliphatic heterocycles. The smallest absolute Gasteiger partial charge is 0.253 e. The Bertz CT molecular complexity index is 224. The van der Waals surface area contributed by atoms with Crippen molar-refractivity contribution in [2.24, 2.45) is 0 Å². The second-order valence-corrected chi connectivity index (χ2v) is 3.81. The van der Waals surface area contributed by atoms with Gasteiger partial charge in [0.25, 0.3) is 6.20 Å². The second kappa shape index (κ2) is 4.53. The quantitative estimate of drug-likeness (QED) is 0.373. The fourth-order valence-electron chi connectivity index (χ4n) is 1.31. The predicted octanol–water partition coefficient (Wildman–Crippen LogP) is 0.532. The normalized spacial score (nSPS) is 20.5. The van der Waals surface area contributed by atoms with E-state index in [9.17, 15) is 10.1 Å². The largest absolute Gasteiger partial charge is 0.367 e. The summed E-state index contributed by atoms with van der Waals surface area (Å²) >= 11 is 0. The maximum Gasteiger partial charge on any atom is 0.253 e. The van der Waals surface area contributed by atoms with E-state index >= 15 is 0 Å². The van der Waals surface area contributed by atoms with E-state index < -0.39 is 4.92 Å². The Labute approximate surface area is 79.8 Å². The molecule has 0 bridgehead atoms. The van der Waals surface area contributed by atoms with Gasteiger partial charge in [-0.3, -0.25) is 14.8 Å². The minimum Gasteiger partial charge on any atom is -0.367 e. The van der Waals surface area contributed by atoms with Gasteiger partial charge in [-0.05, 0) is 6.92 Å². The number of nitro groups is 1. The highest BCUT2D eigenvalue weighted by Crippen LogP contribution is 2.11. The SMILES string of the molecule is C/C(=C/[N+](=O)[O-])N1CCN(P)CC1.